The standard InChI is InChI=1S/C13H12BrN3O2/c1-19-13(18)7-12-6-10(8-15)16-17(12)11-4-2-9(14)3-5-11/h2-5,12H,6-7H2,1H3. The third kappa shape index (κ3) is 3.12. The SMILES string of the molecule is COC(=O)CC1CC(C#N)=NN1c1ccc(Br)cc1. The van der Waals surface area contributed by atoms with E-state index >= 15 is 0 Å². The number of methoxy groups -OCH3 is 1. The van der Waals surface area contributed by atoms with Gasteiger partial charge in [-0.1, -0.05) is 15.9 Å². The predicted octanol–water partition coefficient (Wildman–Crippen LogP) is 2.47. The van der Waals surface area contributed by atoms with Gasteiger partial charge in [0.2, 0.25) is 0 Å². The normalized spacial score (nSPS) is 17.8. The average Bonchev–Trinajstić information content (AvgIpc) is 2.82. The highest BCUT2D eigenvalue weighted by atomic mass is 79.9. The maximum absolute atomic E-state index is 11.4. The molecule has 1 atom stereocenters. The van der Waals surface area contributed by atoms with Crippen molar-refractivity contribution in [2.24, 2.45) is 5.10 Å². The van der Waals surface area contributed by atoms with Crippen molar-refractivity contribution in [2.45, 2.75) is 18.9 Å². The minimum Gasteiger partial charge on any atom is -0.469 e. The first-order valence-corrected chi connectivity index (χ1v) is 6.52. The first-order chi connectivity index (χ1) is 9.13. The number of hydrogen-bond donors (Lipinski definition) is 0. The van der Waals surface area contributed by atoms with Gasteiger partial charge in [0.25, 0.3) is 0 Å². The Balaban J connectivity index is 2.23. The molecule has 1 aromatic carbocycles. The smallest absolute Gasteiger partial charge is 0.307 e. The highest BCUT2D eigenvalue weighted by Gasteiger charge is 2.30. The second kappa shape index (κ2) is 5.85. The Morgan fingerprint density at radius 1 is 1.58 bits per heavy atom. The third-order valence-electron chi connectivity index (χ3n) is 2.85. The molecular formula is C13H12BrN3O2. The van der Waals surface area contributed by atoms with Crippen LogP contribution in [-0.4, -0.2) is 24.8 Å². The summed E-state index contributed by atoms with van der Waals surface area (Å²) in [5.74, 6) is -0.304. The summed E-state index contributed by atoms with van der Waals surface area (Å²) in [6.07, 6.45) is 0.670. The first kappa shape index (κ1) is 13.6. The second-order valence-corrected chi connectivity index (χ2v) is 5.03. The van der Waals surface area contributed by atoms with Crippen LogP contribution in [0.1, 0.15) is 12.8 Å². The zero-order valence-electron chi connectivity index (χ0n) is 10.3. The highest BCUT2D eigenvalue weighted by Crippen LogP contribution is 2.27. The molecule has 0 aromatic heterocycles. The summed E-state index contributed by atoms with van der Waals surface area (Å²) in [6, 6.07) is 9.44. The number of rotatable bonds is 3. The van der Waals surface area contributed by atoms with Crippen LogP contribution in [0, 0.1) is 11.3 Å². The molecule has 1 aromatic rings. The van der Waals surface area contributed by atoms with E-state index in [0.29, 0.717) is 12.1 Å². The van der Waals surface area contributed by atoms with E-state index in [1.165, 1.54) is 7.11 Å². The monoisotopic (exact) mass is 321 g/mol. The molecule has 1 unspecified atom stereocenters. The van der Waals surface area contributed by atoms with E-state index in [1.54, 1.807) is 5.01 Å². The van der Waals surface area contributed by atoms with E-state index in [1.807, 2.05) is 30.3 Å². The number of carbonyl (C=O) groups excluding carboxylic acids is 1. The molecule has 0 saturated carbocycles. The molecule has 98 valence electrons. The van der Waals surface area contributed by atoms with Crippen LogP contribution >= 0.6 is 15.9 Å². The molecule has 0 radical (unpaired) electrons. The number of hydrazone groups is 1. The van der Waals surface area contributed by atoms with Gasteiger partial charge in [-0.15, -0.1) is 0 Å². The molecule has 0 spiro atoms. The van der Waals surface area contributed by atoms with Crippen LogP contribution in [0.5, 0.6) is 0 Å². The fraction of sp³-hybridized carbons (Fsp3) is 0.308. The van der Waals surface area contributed by atoms with Gasteiger partial charge >= 0.3 is 5.97 Å². The second-order valence-electron chi connectivity index (χ2n) is 4.12. The molecule has 1 heterocycles. The van der Waals surface area contributed by atoms with Crippen molar-refractivity contribution in [3.8, 4) is 6.07 Å². The van der Waals surface area contributed by atoms with Crippen molar-refractivity contribution in [1.29, 1.82) is 5.26 Å². The summed E-state index contributed by atoms with van der Waals surface area (Å²) in [7, 11) is 1.35. The zero-order chi connectivity index (χ0) is 13.8. The lowest BCUT2D eigenvalue weighted by Crippen LogP contribution is -2.29. The van der Waals surface area contributed by atoms with Crippen LogP contribution in [0.25, 0.3) is 0 Å². The molecule has 0 fully saturated rings. The third-order valence-corrected chi connectivity index (χ3v) is 3.38. The molecule has 0 saturated heterocycles. The summed E-state index contributed by atoms with van der Waals surface area (Å²) in [6.45, 7) is 0. The number of esters is 1. The van der Waals surface area contributed by atoms with E-state index in [-0.39, 0.29) is 18.4 Å². The number of benzene rings is 1. The van der Waals surface area contributed by atoms with Crippen molar-refractivity contribution < 1.29 is 9.53 Å². The van der Waals surface area contributed by atoms with Gasteiger partial charge in [0.1, 0.15) is 11.8 Å². The molecular weight excluding hydrogens is 310 g/mol. The van der Waals surface area contributed by atoms with Gasteiger partial charge in [-0.25, -0.2) is 0 Å². The minimum atomic E-state index is -0.304. The lowest BCUT2D eigenvalue weighted by molar-refractivity contribution is -0.140. The zero-order valence-corrected chi connectivity index (χ0v) is 11.9. The number of nitriles is 1. The summed E-state index contributed by atoms with van der Waals surface area (Å²) in [5, 5.41) is 14.9. The van der Waals surface area contributed by atoms with Crippen molar-refractivity contribution in [3.05, 3.63) is 28.7 Å². The van der Waals surface area contributed by atoms with Crippen LogP contribution in [0.4, 0.5) is 5.69 Å². The van der Waals surface area contributed by atoms with Gasteiger partial charge in [0, 0.05) is 10.9 Å². The Hall–Kier alpha value is -1.87. The van der Waals surface area contributed by atoms with E-state index in [4.69, 9.17) is 5.26 Å². The lowest BCUT2D eigenvalue weighted by Gasteiger charge is -2.22. The first-order valence-electron chi connectivity index (χ1n) is 5.73. The maximum atomic E-state index is 11.4. The fourth-order valence-electron chi connectivity index (χ4n) is 1.93. The number of ether oxygens (including phenoxy) is 1. The summed E-state index contributed by atoms with van der Waals surface area (Å²) in [4.78, 5) is 11.4. The van der Waals surface area contributed by atoms with Gasteiger partial charge in [-0.3, -0.25) is 9.80 Å². The molecule has 0 N–H and O–H groups in total. The van der Waals surface area contributed by atoms with Crippen LogP contribution in [0.2, 0.25) is 0 Å². The summed E-state index contributed by atoms with van der Waals surface area (Å²) < 4.78 is 5.64. The number of anilines is 1. The van der Waals surface area contributed by atoms with Gasteiger partial charge in [-0.05, 0) is 24.3 Å². The van der Waals surface area contributed by atoms with Crippen molar-refractivity contribution in [3.63, 3.8) is 0 Å². The molecule has 6 heteroatoms. The topological polar surface area (TPSA) is 65.7 Å². The quantitative estimate of drug-likeness (QED) is 0.802. The van der Waals surface area contributed by atoms with Crippen LogP contribution in [0.3, 0.4) is 0 Å². The largest absolute Gasteiger partial charge is 0.469 e. The predicted molar refractivity (Wildman–Crippen MR) is 74.7 cm³/mol. The van der Waals surface area contributed by atoms with E-state index < -0.39 is 0 Å². The van der Waals surface area contributed by atoms with Crippen molar-refractivity contribution >= 4 is 33.3 Å². The number of nitrogens with zero attached hydrogens (tertiary/aromatic N) is 3. The fourth-order valence-corrected chi connectivity index (χ4v) is 2.19. The molecule has 0 amide bonds. The van der Waals surface area contributed by atoms with E-state index in [2.05, 4.69) is 25.8 Å². The number of carbonyl (C=O) groups is 1. The Bertz CT molecular complexity index is 548. The minimum absolute atomic E-state index is 0.164. The van der Waals surface area contributed by atoms with Crippen LogP contribution in [-0.2, 0) is 9.53 Å². The molecule has 0 bridgehead atoms. The Kier molecular flexibility index (Phi) is 4.17. The molecule has 0 aliphatic carbocycles. The van der Waals surface area contributed by atoms with Crippen molar-refractivity contribution in [2.75, 3.05) is 12.1 Å². The van der Waals surface area contributed by atoms with E-state index in [0.717, 1.165) is 10.2 Å². The lowest BCUT2D eigenvalue weighted by atomic mass is 10.1. The maximum Gasteiger partial charge on any atom is 0.307 e. The van der Waals surface area contributed by atoms with Crippen molar-refractivity contribution in [1.82, 2.24) is 0 Å². The molecule has 2 rings (SSSR count). The molecule has 1 aliphatic heterocycles. The summed E-state index contributed by atoms with van der Waals surface area (Å²) >= 11 is 3.37. The molecule has 1 aliphatic rings. The van der Waals surface area contributed by atoms with Gasteiger partial charge in [0.05, 0.1) is 25.3 Å². The van der Waals surface area contributed by atoms with Gasteiger partial charge < -0.3 is 4.74 Å². The Labute approximate surface area is 119 Å². The van der Waals surface area contributed by atoms with Gasteiger partial charge in [0.15, 0.2) is 0 Å². The van der Waals surface area contributed by atoms with Crippen LogP contribution < -0.4 is 5.01 Å². The van der Waals surface area contributed by atoms with Gasteiger partial charge in [-0.2, -0.15) is 10.4 Å². The Morgan fingerprint density at radius 3 is 2.84 bits per heavy atom. The number of hydrogen-bond acceptors (Lipinski definition) is 5. The molecule has 19 heavy (non-hydrogen) atoms. The van der Waals surface area contributed by atoms with Crippen LogP contribution in [0.15, 0.2) is 33.8 Å². The highest BCUT2D eigenvalue weighted by molar-refractivity contribution is 9.10. The average molecular weight is 322 g/mol. The summed E-state index contributed by atoms with van der Waals surface area (Å²) in [5.41, 5.74) is 1.28. The Morgan fingerprint density at radius 2 is 2.26 bits per heavy atom. The van der Waals surface area contributed by atoms with E-state index in [9.17, 15) is 4.79 Å². The number of halogens is 1. The molecule has 5 nitrogen and oxygen atoms in total.